The highest BCUT2D eigenvalue weighted by molar-refractivity contribution is 6.29. The van der Waals surface area contributed by atoms with Crippen LogP contribution in [0.2, 0.25) is 5.15 Å². The molecule has 1 saturated heterocycles. The first-order chi connectivity index (χ1) is 6.75. The fourth-order valence-electron chi connectivity index (χ4n) is 1.36. The first kappa shape index (κ1) is 9.96. The molecule has 4 nitrogen and oxygen atoms in total. The van der Waals surface area contributed by atoms with Gasteiger partial charge in [0.05, 0.1) is 0 Å². The van der Waals surface area contributed by atoms with Crippen molar-refractivity contribution in [2.75, 3.05) is 31.1 Å². The highest BCUT2D eigenvalue weighted by Crippen LogP contribution is 2.13. The lowest BCUT2D eigenvalue weighted by molar-refractivity contribution is 0.413. The monoisotopic (exact) mass is 232 g/mol. The van der Waals surface area contributed by atoms with Gasteiger partial charge in [-0.05, 0) is 17.8 Å². The van der Waals surface area contributed by atoms with E-state index >= 15 is 0 Å². The van der Waals surface area contributed by atoms with E-state index in [-0.39, 0.29) is 0 Å². The molecule has 76 valence electrons. The van der Waals surface area contributed by atoms with Gasteiger partial charge in [-0.25, -0.2) is 14.4 Å². The fraction of sp³-hybridized carbons (Fsp3) is 0.500. The zero-order valence-electron chi connectivity index (χ0n) is 7.53. The second-order valence-electron chi connectivity index (χ2n) is 3.08. The van der Waals surface area contributed by atoms with Gasteiger partial charge in [0.2, 0.25) is 5.95 Å². The molecule has 0 atom stereocenters. The Morgan fingerprint density at radius 1 is 1.21 bits per heavy atom. The number of halogens is 2. The zero-order chi connectivity index (χ0) is 9.97. The molecule has 0 unspecified atom stereocenters. The summed E-state index contributed by atoms with van der Waals surface area (Å²) < 4.78 is 1.76. The van der Waals surface area contributed by atoms with E-state index in [0.717, 1.165) is 26.2 Å². The lowest BCUT2D eigenvalue weighted by Crippen LogP contribution is -2.43. The molecule has 0 radical (unpaired) electrons. The van der Waals surface area contributed by atoms with Crippen molar-refractivity contribution in [3.05, 3.63) is 17.4 Å². The van der Waals surface area contributed by atoms with Crippen LogP contribution in [-0.4, -0.2) is 40.6 Å². The van der Waals surface area contributed by atoms with Gasteiger partial charge >= 0.3 is 0 Å². The summed E-state index contributed by atoms with van der Waals surface area (Å²) in [5, 5.41) is 0.475. The molecule has 1 fully saturated rings. The normalized spacial score (nSPS) is 18.6. The molecule has 1 aliphatic rings. The Balaban J connectivity index is 2.08. The van der Waals surface area contributed by atoms with Gasteiger partial charge in [0.25, 0.3) is 0 Å². The number of hydrogen-bond acceptors (Lipinski definition) is 4. The molecular weight excluding hydrogens is 223 g/mol. The lowest BCUT2D eigenvalue weighted by Gasteiger charge is -2.30. The first-order valence-electron chi connectivity index (χ1n) is 4.40. The van der Waals surface area contributed by atoms with E-state index in [4.69, 9.17) is 23.4 Å². The van der Waals surface area contributed by atoms with Crippen LogP contribution in [0.3, 0.4) is 0 Å². The molecule has 0 bridgehead atoms. The van der Waals surface area contributed by atoms with Crippen LogP contribution in [0, 0.1) is 0 Å². The summed E-state index contributed by atoms with van der Waals surface area (Å²) in [6, 6.07) is 1.67. The van der Waals surface area contributed by atoms with Gasteiger partial charge in [-0.1, -0.05) is 11.6 Å². The van der Waals surface area contributed by atoms with Crippen molar-refractivity contribution >= 4 is 29.3 Å². The Morgan fingerprint density at radius 2 is 1.93 bits per heavy atom. The Kier molecular flexibility index (Phi) is 3.05. The third-order valence-corrected chi connectivity index (χ3v) is 2.67. The standard InChI is InChI=1S/C8H10Cl2N4/c9-7-1-2-11-8(12-7)13-3-5-14(10)6-4-13/h1-2H,3-6H2. The Hall–Kier alpha value is -0.580. The van der Waals surface area contributed by atoms with E-state index in [1.165, 1.54) is 0 Å². The van der Waals surface area contributed by atoms with Gasteiger partial charge < -0.3 is 4.90 Å². The van der Waals surface area contributed by atoms with Crippen LogP contribution in [0.15, 0.2) is 12.3 Å². The molecule has 0 spiro atoms. The molecule has 1 aromatic rings. The maximum atomic E-state index is 5.84. The van der Waals surface area contributed by atoms with Crippen molar-refractivity contribution in [1.29, 1.82) is 0 Å². The van der Waals surface area contributed by atoms with E-state index in [0.29, 0.717) is 11.1 Å². The highest BCUT2D eigenvalue weighted by Gasteiger charge is 2.17. The van der Waals surface area contributed by atoms with Crippen molar-refractivity contribution in [1.82, 2.24) is 14.4 Å². The average Bonchev–Trinajstić information content (AvgIpc) is 2.19. The van der Waals surface area contributed by atoms with Gasteiger partial charge in [-0.3, -0.25) is 0 Å². The lowest BCUT2D eigenvalue weighted by atomic mass is 10.4. The summed E-state index contributed by atoms with van der Waals surface area (Å²) in [6.45, 7) is 3.31. The van der Waals surface area contributed by atoms with Crippen molar-refractivity contribution < 1.29 is 0 Å². The Labute approximate surface area is 92.6 Å². The van der Waals surface area contributed by atoms with Gasteiger partial charge in [0, 0.05) is 32.4 Å². The first-order valence-corrected chi connectivity index (χ1v) is 5.11. The summed E-state index contributed by atoms with van der Waals surface area (Å²) in [4.78, 5) is 10.4. The fourth-order valence-corrected chi connectivity index (χ4v) is 1.64. The molecule has 2 rings (SSSR count). The summed E-state index contributed by atoms with van der Waals surface area (Å²) in [5.41, 5.74) is 0. The second kappa shape index (κ2) is 4.29. The van der Waals surface area contributed by atoms with Crippen LogP contribution in [0.1, 0.15) is 0 Å². The average molecular weight is 233 g/mol. The molecule has 0 saturated carbocycles. The van der Waals surface area contributed by atoms with Crippen LogP contribution in [0.5, 0.6) is 0 Å². The number of rotatable bonds is 1. The molecule has 0 amide bonds. The predicted octanol–water partition coefficient (Wildman–Crippen LogP) is 1.41. The number of hydrogen-bond donors (Lipinski definition) is 0. The molecular formula is C8H10Cl2N4. The molecule has 2 heterocycles. The van der Waals surface area contributed by atoms with E-state index in [1.807, 2.05) is 0 Å². The number of piperazine rings is 1. The third kappa shape index (κ3) is 2.26. The van der Waals surface area contributed by atoms with Crippen LogP contribution in [0.25, 0.3) is 0 Å². The summed E-state index contributed by atoms with van der Waals surface area (Å²) in [5.74, 6) is 0.683. The molecule has 1 aromatic heterocycles. The van der Waals surface area contributed by atoms with Crippen molar-refractivity contribution in [2.24, 2.45) is 0 Å². The van der Waals surface area contributed by atoms with E-state index in [1.54, 1.807) is 16.7 Å². The molecule has 0 aromatic carbocycles. The van der Waals surface area contributed by atoms with Gasteiger partial charge in [0.15, 0.2) is 0 Å². The SMILES string of the molecule is Clc1ccnc(N2CCN(Cl)CC2)n1. The predicted molar refractivity (Wildman–Crippen MR) is 56.7 cm³/mol. The van der Waals surface area contributed by atoms with Gasteiger partial charge in [-0.15, -0.1) is 0 Å². The Morgan fingerprint density at radius 3 is 2.57 bits per heavy atom. The number of anilines is 1. The van der Waals surface area contributed by atoms with Crippen LogP contribution in [-0.2, 0) is 0 Å². The number of nitrogens with zero attached hydrogens (tertiary/aromatic N) is 4. The van der Waals surface area contributed by atoms with Crippen molar-refractivity contribution in [3.8, 4) is 0 Å². The highest BCUT2D eigenvalue weighted by atomic mass is 35.5. The van der Waals surface area contributed by atoms with E-state index in [9.17, 15) is 0 Å². The van der Waals surface area contributed by atoms with Crippen molar-refractivity contribution in [2.45, 2.75) is 0 Å². The van der Waals surface area contributed by atoms with Crippen molar-refractivity contribution in [3.63, 3.8) is 0 Å². The third-order valence-electron chi connectivity index (χ3n) is 2.12. The maximum Gasteiger partial charge on any atom is 0.226 e. The molecule has 14 heavy (non-hydrogen) atoms. The van der Waals surface area contributed by atoms with Gasteiger partial charge in [0.1, 0.15) is 5.15 Å². The summed E-state index contributed by atoms with van der Waals surface area (Å²) in [6.07, 6.45) is 1.66. The molecule has 0 N–H and O–H groups in total. The smallest absolute Gasteiger partial charge is 0.226 e. The topological polar surface area (TPSA) is 32.3 Å². The zero-order valence-corrected chi connectivity index (χ0v) is 9.04. The molecule has 6 heteroatoms. The summed E-state index contributed by atoms with van der Waals surface area (Å²) in [7, 11) is 0. The minimum Gasteiger partial charge on any atom is -0.338 e. The molecule has 0 aliphatic carbocycles. The second-order valence-corrected chi connectivity index (χ2v) is 3.94. The van der Waals surface area contributed by atoms with Crippen LogP contribution >= 0.6 is 23.4 Å². The van der Waals surface area contributed by atoms with Crippen LogP contribution < -0.4 is 4.90 Å². The number of aromatic nitrogens is 2. The maximum absolute atomic E-state index is 5.84. The largest absolute Gasteiger partial charge is 0.338 e. The Bertz CT molecular complexity index is 312. The quantitative estimate of drug-likeness (QED) is 0.542. The van der Waals surface area contributed by atoms with E-state index in [2.05, 4.69) is 14.9 Å². The minimum atomic E-state index is 0.475. The summed E-state index contributed by atoms with van der Waals surface area (Å²) >= 11 is 11.6. The minimum absolute atomic E-state index is 0.475. The van der Waals surface area contributed by atoms with Gasteiger partial charge in [-0.2, -0.15) is 0 Å². The van der Waals surface area contributed by atoms with Crippen LogP contribution in [0.4, 0.5) is 5.95 Å². The van der Waals surface area contributed by atoms with E-state index < -0.39 is 0 Å². The molecule has 1 aliphatic heterocycles.